The largest absolute Gasteiger partial charge is 0.454 e. The van der Waals surface area contributed by atoms with Crippen LogP contribution in [-0.4, -0.2) is 41.5 Å². The quantitative estimate of drug-likeness (QED) is 0.370. The van der Waals surface area contributed by atoms with Gasteiger partial charge >= 0.3 is 0 Å². The second kappa shape index (κ2) is 11.9. The van der Waals surface area contributed by atoms with Crippen LogP contribution in [-0.2, 0) is 29.1 Å². The lowest BCUT2D eigenvalue weighted by Crippen LogP contribution is -2.42. The maximum atomic E-state index is 13.6. The predicted octanol–water partition coefficient (Wildman–Crippen LogP) is 5.19. The summed E-state index contributed by atoms with van der Waals surface area (Å²) in [5.41, 5.74) is 3.26. The van der Waals surface area contributed by atoms with Gasteiger partial charge in [-0.2, -0.15) is 0 Å². The van der Waals surface area contributed by atoms with Crippen LogP contribution in [0.2, 0.25) is 0 Å². The number of hydrogen-bond donors (Lipinski definition) is 0. The van der Waals surface area contributed by atoms with Crippen LogP contribution < -0.4 is 9.47 Å². The van der Waals surface area contributed by atoms with Crippen LogP contribution in [0.4, 0.5) is 0 Å². The van der Waals surface area contributed by atoms with Gasteiger partial charge in [-0.15, -0.1) is 11.3 Å². The van der Waals surface area contributed by atoms with Crippen LogP contribution >= 0.6 is 11.3 Å². The zero-order chi connectivity index (χ0) is 24.6. The average molecular weight is 493 g/mol. The van der Waals surface area contributed by atoms with E-state index in [1.165, 1.54) is 5.56 Å². The minimum Gasteiger partial charge on any atom is -0.454 e. The summed E-state index contributed by atoms with van der Waals surface area (Å²) in [5, 5.41) is 2.05. The Morgan fingerprint density at radius 1 is 0.914 bits per heavy atom. The fraction of sp³-hybridized carbons (Fsp3) is 0.357. The molecule has 0 N–H and O–H groups in total. The van der Waals surface area contributed by atoms with Gasteiger partial charge in [-0.05, 0) is 60.0 Å². The number of rotatable bonds is 11. The van der Waals surface area contributed by atoms with E-state index >= 15 is 0 Å². The lowest BCUT2D eigenvalue weighted by molar-refractivity contribution is -0.141. The van der Waals surface area contributed by atoms with E-state index in [0.29, 0.717) is 38.2 Å². The average Bonchev–Trinajstić information content (AvgIpc) is 3.50. The summed E-state index contributed by atoms with van der Waals surface area (Å²) in [5.74, 6) is 1.38. The number of nitrogens with zero attached hydrogens (tertiary/aromatic N) is 2. The highest BCUT2D eigenvalue weighted by Crippen LogP contribution is 2.33. The Morgan fingerprint density at radius 3 is 2.46 bits per heavy atom. The number of fused-ring (bicyclic) bond motifs is 1. The first-order valence-electron chi connectivity index (χ1n) is 12.0. The van der Waals surface area contributed by atoms with Gasteiger partial charge in [-0.25, -0.2) is 0 Å². The predicted molar refractivity (Wildman–Crippen MR) is 138 cm³/mol. The molecule has 0 aliphatic carbocycles. The molecule has 0 atom stereocenters. The molecule has 1 aromatic heterocycles. The molecule has 2 aromatic carbocycles. The number of benzene rings is 2. The molecule has 1 aliphatic heterocycles. The molecule has 1 aliphatic rings. The van der Waals surface area contributed by atoms with E-state index in [0.717, 1.165) is 28.2 Å². The standard InChI is InChI=1S/C28H32N2O4S/c1-3-14-29(27(31)12-10-22-7-5-4-6-8-22)19-28(32)30(18-26-21(2)13-15-35-26)17-23-9-11-24-25(16-23)34-20-33-24/h4-9,11,13,15-16H,3,10,12,14,17-20H2,1-2H3. The van der Waals surface area contributed by atoms with Crippen LogP contribution in [0.1, 0.15) is 41.3 Å². The third-order valence-electron chi connectivity index (χ3n) is 6.11. The molecular formula is C28H32N2O4S. The number of carbonyl (C=O) groups excluding carboxylic acids is 2. The first-order chi connectivity index (χ1) is 17.0. The van der Waals surface area contributed by atoms with Crippen molar-refractivity contribution in [2.45, 2.75) is 46.2 Å². The summed E-state index contributed by atoms with van der Waals surface area (Å²) in [6.07, 6.45) is 1.86. The van der Waals surface area contributed by atoms with Gasteiger partial charge in [0.1, 0.15) is 0 Å². The highest BCUT2D eigenvalue weighted by Gasteiger charge is 2.23. The van der Waals surface area contributed by atoms with Crippen molar-refractivity contribution >= 4 is 23.2 Å². The van der Waals surface area contributed by atoms with Gasteiger partial charge in [0.25, 0.3) is 0 Å². The highest BCUT2D eigenvalue weighted by atomic mass is 32.1. The van der Waals surface area contributed by atoms with Crippen LogP contribution in [0.3, 0.4) is 0 Å². The number of aryl methyl sites for hydroxylation is 2. The maximum Gasteiger partial charge on any atom is 0.242 e. The van der Waals surface area contributed by atoms with Gasteiger partial charge in [-0.3, -0.25) is 9.59 Å². The van der Waals surface area contributed by atoms with Crippen molar-refractivity contribution < 1.29 is 19.1 Å². The van der Waals surface area contributed by atoms with E-state index in [1.54, 1.807) is 16.2 Å². The Balaban J connectivity index is 1.46. The molecule has 0 saturated carbocycles. The van der Waals surface area contributed by atoms with E-state index < -0.39 is 0 Å². The zero-order valence-electron chi connectivity index (χ0n) is 20.4. The first-order valence-corrected chi connectivity index (χ1v) is 12.9. The number of carbonyl (C=O) groups is 2. The molecule has 0 saturated heterocycles. The number of hydrogen-bond acceptors (Lipinski definition) is 5. The number of amides is 2. The topological polar surface area (TPSA) is 59.1 Å². The van der Waals surface area contributed by atoms with Crippen molar-refractivity contribution in [3.8, 4) is 11.5 Å². The van der Waals surface area contributed by atoms with Crippen molar-refractivity contribution in [1.29, 1.82) is 0 Å². The van der Waals surface area contributed by atoms with Gasteiger partial charge in [0, 0.05) is 24.4 Å². The van der Waals surface area contributed by atoms with Crippen molar-refractivity contribution in [2.75, 3.05) is 19.9 Å². The van der Waals surface area contributed by atoms with Crippen molar-refractivity contribution in [2.24, 2.45) is 0 Å². The van der Waals surface area contributed by atoms with E-state index in [9.17, 15) is 9.59 Å². The van der Waals surface area contributed by atoms with Crippen LogP contribution in [0.15, 0.2) is 60.0 Å². The molecule has 7 heteroatoms. The molecule has 0 radical (unpaired) electrons. The first kappa shape index (κ1) is 24.8. The van der Waals surface area contributed by atoms with Gasteiger partial charge in [0.2, 0.25) is 18.6 Å². The van der Waals surface area contributed by atoms with Gasteiger partial charge in [0.05, 0.1) is 13.1 Å². The lowest BCUT2D eigenvalue weighted by Gasteiger charge is -2.28. The van der Waals surface area contributed by atoms with Gasteiger partial charge < -0.3 is 19.3 Å². The third kappa shape index (κ3) is 6.63. The molecule has 0 spiro atoms. The zero-order valence-corrected chi connectivity index (χ0v) is 21.2. The molecule has 3 aromatic rings. The van der Waals surface area contributed by atoms with E-state index in [-0.39, 0.29) is 25.2 Å². The summed E-state index contributed by atoms with van der Waals surface area (Å²) < 4.78 is 10.9. The summed E-state index contributed by atoms with van der Waals surface area (Å²) in [7, 11) is 0. The number of ether oxygens (including phenoxy) is 2. The SMILES string of the molecule is CCCN(CC(=O)N(Cc1ccc2c(c1)OCO2)Cc1sccc1C)C(=O)CCc1ccccc1. The molecule has 4 rings (SSSR count). The molecule has 2 amide bonds. The summed E-state index contributed by atoms with van der Waals surface area (Å²) in [6.45, 7) is 5.89. The Labute approximate surface area is 211 Å². The minimum atomic E-state index is -0.0584. The molecule has 35 heavy (non-hydrogen) atoms. The fourth-order valence-electron chi connectivity index (χ4n) is 4.11. The summed E-state index contributed by atoms with van der Waals surface area (Å²) >= 11 is 1.65. The highest BCUT2D eigenvalue weighted by molar-refractivity contribution is 7.10. The molecule has 0 unspecified atom stereocenters. The van der Waals surface area contributed by atoms with E-state index in [2.05, 4.69) is 13.0 Å². The molecular weight excluding hydrogens is 460 g/mol. The van der Waals surface area contributed by atoms with Crippen molar-refractivity contribution in [3.05, 3.63) is 81.5 Å². The summed E-state index contributed by atoms with van der Waals surface area (Å²) in [4.78, 5) is 31.3. The molecule has 0 fully saturated rings. The van der Waals surface area contributed by atoms with Crippen LogP contribution in [0.25, 0.3) is 0 Å². The van der Waals surface area contributed by atoms with E-state index in [1.807, 2.05) is 65.7 Å². The fourth-order valence-corrected chi connectivity index (χ4v) is 5.03. The van der Waals surface area contributed by atoms with Crippen LogP contribution in [0.5, 0.6) is 11.5 Å². The summed E-state index contributed by atoms with van der Waals surface area (Å²) in [6, 6.07) is 17.8. The molecule has 184 valence electrons. The lowest BCUT2D eigenvalue weighted by atomic mass is 10.1. The van der Waals surface area contributed by atoms with E-state index in [4.69, 9.17) is 9.47 Å². The molecule has 6 nitrogen and oxygen atoms in total. The molecule has 2 heterocycles. The van der Waals surface area contributed by atoms with Crippen molar-refractivity contribution in [3.63, 3.8) is 0 Å². The molecule has 0 bridgehead atoms. The Hall–Kier alpha value is -3.32. The van der Waals surface area contributed by atoms with Crippen molar-refractivity contribution in [1.82, 2.24) is 9.80 Å². The second-order valence-electron chi connectivity index (χ2n) is 8.77. The van der Waals surface area contributed by atoms with Crippen LogP contribution in [0, 0.1) is 6.92 Å². The Kier molecular flexibility index (Phi) is 8.42. The minimum absolute atomic E-state index is 0.0133. The Bertz CT molecular complexity index is 1140. The number of thiophene rings is 1. The normalized spacial score (nSPS) is 11.9. The monoisotopic (exact) mass is 492 g/mol. The van der Waals surface area contributed by atoms with Gasteiger partial charge in [-0.1, -0.05) is 43.3 Å². The third-order valence-corrected chi connectivity index (χ3v) is 7.12. The second-order valence-corrected chi connectivity index (χ2v) is 9.77. The smallest absolute Gasteiger partial charge is 0.242 e. The van der Waals surface area contributed by atoms with Gasteiger partial charge in [0.15, 0.2) is 11.5 Å². The Morgan fingerprint density at radius 2 is 1.71 bits per heavy atom. The maximum absolute atomic E-state index is 13.6.